The lowest BCUT2D eigenvalue weighted by Crippen LogP contribution is -2.57. The fourth-order valence-corrected chi connectivity index (χ4v) is 9.44. The maximum absolute atomic E-state index is 14.1. The van der Waals surface area contributed by atoms with E-state index in [-0.39, 0.29) is 73.1 Å². The van der Waals surface area contributed by atoms with Gasteiger partial charge in [0.1, 0.15) is 23.5 Å². The van der Waals surface area contributed by atoms with Crippen LogP contribution in [0.15, 0.2) is 90.4 Å². The number of anilines is 1. The Morgan fingerprint density at radius 2 is 1.57 bits per heavy atom. The van der Waals surface area contributed by atoms with Crippen LogP contribution in [0.2, 0.25) is 0 Å². The van der Waals surface area contributed by atoms with Gasteiger partial charge in [-0.15, -0.1) is 21.5 Å². The number of aliphatic hydroxyl groups is 1. The molecule has 1 aliphatic rings. The molecule has 1 fully saturated rings. The van der Waals surface area contributed by atoms with E-state index in [1.54, 1.807) is 53.6 Å². The van der Waals surface area contributed by atoms with Gasteiger partial charge in [0, 0.05) is 56.9 Å². The molecule has 3 aromatic carbocycles. The number of carbonyl (C=O) groups is 4. The van der Waals surface area contributed by atoms with E-state index in [0.29, 0.717) is 36.4 Å². The van der Waals surface area contributed by atoms with Gasteiger partial charge in [-0.25, -0.2) is 4.98 Å². The predicted molar refractivity (Wildman–Crippen MR) is 269 cm³/mol. The SMILES string of the molecule is Cc1ncsc1-c1ccc([C@H](C)NC(=O)[C@@H]2CC(O)CN2C(=O)[C@@H](NC(=O)CCCCCCCCC(=O)N(C)CC(COc2cc(-c3ccccc3O)nnc2N)c2ccccc2)C(C)(C)C)cc1. The molecular weight excluding hydrogens is 893 g/mol. The lowest BCUT2D eigenvalue weighted by atomic mass is 9.85. The zero-order valence-corrected chi connectivity index (χ0v) is 41.5. The Morgan fingerprint density at radius 1 is 0.899 bits per heavy atom. The molecule has 6 N–H and O–H groups in total. The quantitative estimate of drug-likeness (QED) is 0.0420. The van der Waals surface area contributed by atoms with Gasteiger partial charge in [-0.3, -0.25) is 19.2 Å². The number of amides is 4. The third-order valence-corrected chi connectivity index (χ3v) is 13.7. The number of nitrogens with one attached hydrogen (secondary N) is 2. The van der Waals surface area contributed by atoms with Crippen molar-refractivity contribution in [2.45, 2.75) is 123 Å². The molecule has 0 radical (unpaired) electrons. The molecule has 0 saturated carbocycles. The number of β-amino-alcohol motifs (C(OH)–C–C–N with tert-alkyl or cyclic N) is 1. The van der Waals surface area contributed by atoms with Gasteiger partial charge in [0.05, 0.1) is 34.8 Å². The first-order valence-electron chi connectivity index (χ1n) is 23.9. The second-order valence-electron chi connectivity index (χ2n) is 19.2. The highest BCUT2D eigenvalue weighted by Gasteiger charge is 2.44. The van der Waals surface area contributed by atoms with Gasteiger partial charge in [0.2, 0.25) is 23.6 Å². The number of phenols is 1. The molecule has 6 rings (SSSR count). The molecule has 1 aliphatic heterocycles. The van der Waals surface area contributed by atoms with Crippen molar-refractivity contribution >= 4 is 40.8 Å². The van der Waals surface area contributed by atoms with Gasteiger partial charge in [0.15, 0.2) is 11.6 Å². The number of aliphatic hydroxyl groups excluding tert-OH is 1. The van der Waals surface area contributed by atoms with Gasteiger partial charge in [0.25, 0.3) is 0 Å². The van der Waals surface area contributed by atoms with Crippen LogP contribution in [0, 0.1) is 12.3 Å². The molecule has 5 atom stereocenters. The smallest absolute Gasteiger partial charge is 0.246 e. The third kappa shape index (κ3) is 14.3. The number of thiazole rings is 1. The minimum absolute atomic E-state index is 0.00705. The van der Waals surface area contributed by atoms with Crippen LogP contribution in [0.25, 0.3) is 21.7 Å². The maximum Gasteiger partial charge on any atom is 0.246 e. The minimum Gasteiger partial charge on any atom is -0.507 e. The number of para-hydroxylation sites is 1. The summed E-state index contributed by atoms with van der Waals surface area (Å²) in [5.41, 5.74) is 12.2. The van der Waals surface area contributed by atoms with Crippen LogP contribution in [0.1, 0.15) is 114 Å². The van der Waals surface area contributed by atoms with Crippen LogP contribution in [0.3, 0.4) is 0 Å². The highest BCUT2D eigenvalue weighted by Crippen LogP contribution is 2.33. The topological polar surface area (TPSA) is 213 Å². The van der Waals surface area contributed by atoms with E-state index >= 15 is 0 Å². The summed E-state index contributed by atoms with van der Waals surface area (Å²) in [5.74, 6) is -0.562. The van der Waals surface area contributed by atoms with Crippen molar-refractivity contribution in [3.05, 3.63) is 107 Å². The number of likely N-dealkylation sites (tertiary alicyclic amines) is 1. The Kier molecular flexibility index (Phi) is 18.3. The van der Waals surface area contributed by atoms with E-state index in [1.165, 1.54) is 4.90 Å². The molecule has 16 heteroatoms. The van der Waals surface area contributed by atoms with Crippen LogP contribution >= 0.6 is 11.3 Å². The maximum atomic E-state index is 14.1. The summed E-state index contributed by atoms with van der Waals surface area (Å²) >= 11 is 1.58. The summed E-state index contributed by atoms with van der Waals surface area (Å²) in [6.45, 7) is 10.2. The number of benzene rings is 3. The van der Waals surface area contributed by atoms with Crippen LogP contribution < -0.4 is 21.1 Å². The second kappa shape index (κ2) is 24.2. The molecule has 0 aliphatic carbocycles. The van der Waals surface area contributed by atoms with Crippen LogP contribution in [-0.4, -0.2) is 104 Å². The van der Waals surface area contributed by atoms with E-state index in [1.807, 2.05) is 94.7 Å². The number of unbranched alkanes of at least 4 members (excludes halogenated alkanes) is 5. The number of aromatic nitrogens is 3. The third-order valence-electron chi connectivity index (χ3n) is 12.7. The van der Waals surface area contributed by atoms with Crippen molar-refractivity contribution < 1.29 is 34.1 Å². The number of hydrogen-bond donors (Lipinski definition) is 5. The van der Waals surface area contributed by atoms with Crippen molar-refractivity contribution in [2.24, 2.45) is 5.41 Å². The number of phenolic OH excluding ortho intramolecular Hbond substituents is 1. The normalized spacial score (nSPS) is 16.1. The van der Waals surface area contributed by atoms with Gasteiger partial charge in [-0.05, 0) is 60.9 Å². The zero-order valence-electron chi connectivity index (χ0n) is 40.7. The fourth-order valence-electron chi connectivity index (χ4n) is 8.63. The largest absolute Gasteiger partial charge is 0.507 e. The van der Waals surface area contributed by atoms with Crippen molar-refractivity contribution in [3.63, 3.8) is 0 Å². The van der Waals surface area contributed by atoms with Gasteiger partial charge < -0.3 is 41.1 Å². The highest BCUT2D eigenvalue weighted by molar-refractivity contribution is 7.13. The minimum atomic E-state index is -0.890. The standard InChI is InChI=1S/C53H68N8O7S/c1-34(36-24-26-38(27-25-36)48-35(2)55-33-69-48)56-51(66)43-28-40(62)31-61(43)52(67)49(53(3,4)5)57-46(64)22-14-9-7-8-10-15-23-47(65)60(6)30-39(37-18-12-11-13-19-37)32-68-45-29-42(58-59-50(45)54)41-20-16-17-21-44(41)63/h11-13,16-21,24-27,29,33-34,39-40,43,49,62-63H,7-10,14-15,22-23,28,30-32H2,1-6H3,(H2,54,59)(H,56,66)(H,57,64)/t34-,39?,40?,43-,49+/m0/s1. The Hall–Kier alpha value is -6.39. The molecule has 1 saturated heterocycles. The Balaban J connectivity index is 0.910. The molecule has 4 amide bonds. The fraction of sp³-hybridized carbons (Fsp3) is 0.453. The summed E-state index contributed by atoms with van der Waals surface area (Å²) in [6.07, 6.45) is 4.83. The number of aryl methyl sites for hydroxylation is 1. The number of likely N-dealkylation sites (N-methyl/N-ethyl adjacent to an activating group) is 1. The summed E-state index contributed by atoms with van der Waals surface area (Å²) in [4.78, 5) is 63.0. The monoisotopic (exact) mass is 960 g/mol. The molecule has 2 unspecified atom stereocenters. The molecule has 368 valence electrons. The molecule has 0 spiro atoms. The van der Waals surface area contributed by atoms with Crippen molar-refractivity contribution in [3.8, 4) is 33.2 Å². The highest BCUT2D eigenvalue weighted by atomic mass is 32.1. The number of carbonyl (C=O) groups excluding carboxylic acids is 4. The molecular formula is C53H68N8O7S. The van der Waals surface area contributed by atoms with Crippen molar-refractivity contribution in [1.29, 1.82) is 0 Å². The van der Waals surface area contributed by atoms with Gasteiger partial charge in [-0.1, -0.05) is 113 Å². The van der Waals surface area contributed by atoms with Crippen LogP contribution in [0.5, 0.6) is 11.5 Å². The van der Waals surface area contributed by atoms with E-state index in [4.69, 9.17) is 10.5 Å². The molecule has 69 heavy (non-hydrogen) atoms. The summed E-state index contributed by atoms with van der Waals surface area (Å²) in [7, 11) is 1.80. The lowest BCUT2D eigenvalue weighted by molar-refractivity contribution is -0.144. The van der Waals surface area contributed by atoms with E-state index in [2.05, 4.69) is 25.8 Å². The van der Waals surface area contributed by atoms with Gasteiger partial charge >= 0.3 is 0 Å². The number of ether oxygens (including phenoxy) is 1. The number of rotatable bonds is 22. The summed E-state index contributed by atoms with van der Waals surface area (Å²) < 4.78 is 6.20. The average molecular weight is 961 g/mol. The summed E-state index contributed by atoms with van der Waals surface area (Å²) in [5, 5.41) is 35.2. The van der Waals surface area contributed by atoms with Crippen LogP contribution in [0.4, 0.5) is 5.82 Å². The van der Waals surface area contributed by atoms with Crippen molar-refractivity contribution in [1.82, 2.24) is 35.6 Å². The van der Waals surface area contributed by atoms with Crippen LogP contribution in [-0.2, 0) is 19.2 Å². The Bertz CT molecular complexity index is 2500. The van der Waals surface area contributed by atoms with E-state index in [9.17, 15) is 29.4 Å². The number of nitrogens with zero attached hydrogens (tertiary/aromatic N) is 5. The molecule has 15 nitrogen and oxygen atoms in total. The van der Waals surface area contributed by atoms with E-state index in [0.717, 1.165) is 59.4 Å². The Labute approximate surface area is 409 Å². The first kappa shape index (κ1) is 52.0. The Morgan fingerprint density at radius 3 is 2.23 bits per heavy atom. The van der Waals surface area contributed by atoms with E-state index < -0.39 is 23.6 Å². The first-order valence-corrected chi connectivity index (χ1v) is 24.8. The number of aromatic hydroxyl groups is 1. The number of nitrogen functional groups attached to an aromatic ring is 1. The molecule has 5 aromatic rings. The molecule has 2 aromatic heterocycles. The lowest BCUT2D eigenvalue weighted by Gasteiger charge is -2.35. The zero-order chi connectivity index (χ0) is 49.7. The molecule has 0 bridgehead atoms. The average Bonchev–Trinajstić information content (AvgIpc) is 3.95. The molecule has 3 heterocycles. The summed E-state index contributed by atoms with van der Waals surface area (Å²) in [6, 6.07) is 24.2. The van der Waals surface area contributed by atoms with Gasteiger partial charge in [-0.2, -0.15) is 0 Å². The number of nitrogens with two attached hydrogens (primary N) is 1. The van der Waals surface area contributed by atoms with Crippen molar-refractivity contribution in [2.75, 3.05) is 32.5 Å². The predicted octanol–water partition coefficient (Wildman–Crippen LogP) is 7.98. The first-order chi connectivity index (χ1) is 33.0. The number of hydrogen-bond acceptors (Lipinski definition) is 12. The second-order valence-corrected chi connectivity index (χ2v) is 20.0.